The molecule has 3 N–H and O–H groups in total. The number of urea groups is 1. The summed E-state index contributed by atoms with van der Waals surface area (Å²) < 4.78 is 0. The molecule has 0 saturated carbocycles. The molecule has 1 aromatic heterocycles. The van der Waals surface area contributed by atoms with Crippen LogP contribution in [0.4, 0.5) is 4.79 Å². The smallest absolute Gasteiger partial charge is 0.317 e. The maximum atomic E-state index is 12.5. The molecule has 0 aliphatic carbocycles. The second-order valence-corrected chi connectivity index (χ2v) is 6.75. The maximum absolute atomic E-state index is 12.5. The van der Waals surface area contributed by atoms with Crippen molar-refractivity contribution >= 4 is 23.3 Å². The molecule has 2 rings (SSSR count). The molecule has 1 aliphatic rings. The summed E-state index contributed by atoms with van der Waals surface area (Å²) in [7, 11) is 0. The van der Waals surface area contributed by atoms with Gasteiger partial charge in [0.05, 0.1) is 6.04 Å². The van der Waals surface area contributed by atoms with Gasteiger partial charge in [0.25, 0.3) is 0 Å². The van der Waals surface area contributed by atoms with Gasteiger partial charge in [0, 0.05) is 30.6 Å². The summed E-state index contributed by atoms with van der Waals surface area (Å²) in [5.74, 6) is -0.115. The van der Waals surface area contributed by atoms with Crippen molar-refractivity contribution in [1.29, 1.82) is 0 Å². The van der Waals surface area contributed by atoms with Crippen molar-refractivity contribution in [3.63, 3.8) is 0 Å². The second kappa shape index (κ2) is 7.58. The zero-order valence-corrected chi connectivity index (χ0v) is 14.0. The van der Waals surface area contributed by atoms with Gasteiger partial charge in [-0.25, -0.2) is 9.78 Å². The number of aromatic nitrogens is 1. The SMILES string of the molecule is CC[C@H](NC(=O)N1CCC[C@@H](CC(N)=O)C1)c1nc(C)cs1. The average molecular weight is 324 g/mol. The predicted octanol–water partition coefficient (Wildman–Crippen LogP) is 2.20. The Labute approximate surface area is 135 Å². The summed E-state index contributed by atoms with van der Waals surface area (Å²) in [5.41, 5.74) is 6.24. The molecular formula is C15H24N4O2S. The number of likely N-dealkylation sites (tertiary alicyclic amines) is 1. The van der Waals surface area contributed by atoms with Crippen molar-refractivity contribution in [3.05, 3.63) is 16.1 Å². The van der Waals surface area contributed by atoms with E-state index in [1.165, 1.54) is 0 Å². The van der Waals surface area contributed by atoms with Crippen molar-refractivity contribution in [2.75, 3.05) is 13.1 Å². The lowest BCUT2D eigenvalue weighted by Crippen LogP contribution is -2.47. The third-order valence-electron chi connectivity index (χ3n) is 3.94. The monoisotopic (exact) mass is 324 g/mol. The number of primary amides is 1. The lowest BCUT2D eigenvalue weighted by molar-refractivity contribution is -0.119. The number of carbonyl (C=O) groups is 2. The summed E-state index contributed by atoms with van der Waals surface area (Å²) >= 11 is 1.57. The van der Waals surface area contributed by atoms with Crippen LogP contribution in [0.2, 0.25) is 0 Å². The molecule has 1 aromatic rings. The number of carbonyl (C=O) groups excluding carboxylic acids is 2. The number of piperidine rings is 1. The first-order chi connectivity index (χ1) is 10.5. The fourth-order valence-corrected chi connectivity index (χ4v) is 3.74. The van der Waals surface area contributed by atoms with E-state index in [4.69, 9.17) is 5.73 Å². The molecule has 0 spiro atoms. The number of thiazole rings is 1. The molecule has 0 bridgehead atoms. The molecule has 2 atom stereocenters. The standard InChI is InChI=1S/C15H24N4O2S/c1-3-12(14-17-10(2)9-22-14)18-15(21)19-6-4-5-11(8-19)7-13(16)20/h9,11-12H,3-8H2,1-2H3,(H2,16,20)(H,18,21)/t11-,12-/m0/s1. The Hall–Kier alpha value is -1.63. The van der Waals surface area contributed by atoms with Crippen LogP contribution >= 0.6 is 11.3 Å². The zero-order chi connectivity index (χ0) is 16.1. The van der Waals surface area contributed by atoms with Crippen molar-refractivity contribution in [2.45, 2.75) is 45.6 Å². The van der Waals surface area contributed by atoms with Gasteiger partial charge in [0.2, 0.25) is 5.91 Å². The van der Waals surface area contributed by atoms with Crippen LogP contribution in [0, 0.1) is 12.8 Å². The largest absolute Gasteiger partial charge is 0.370 e. The highest BCUT2D eigenvalue weighted by molar-refractivity contribution is 7.09. The first kappa shape index (κ1) is 16.7. The van der Waals surface area contributed by atoms with Gasteiger partial charge in [-0.2, -0.15) is 0 Å². The molecule has 1 fully saturated rings. The van der Waals surface area contributed by atoms with Gasteiger partial charge in [-0.05, 0) is 32.1 Å². The summed E-state index contributed by atoms with van der Waals surface area (Å²) in [6.07, 6.45) is 3.03. The summed E-state index contributed by atoms with van der Waals surface area (Å²) in [6, 6.07) is -0.128. The lowest BCUT2D eigenvalue weighted by atomic mass is 9.95. The third-order valence-corrected chi connectivity index (χ3v) is 5.01. The number of amides is 3. The van der Waals surface area contributed by atoms with Gasteiger partial charge in [-0.15, -0.1) is 11.3 Å². The molecule has 122 valence electrons. The van der Waals surface area contributed by atoms with Crippen LogP contribution in [0.3, 0.4) is 0 Å². The molecule has 0 unspecified atom stereocenters. The number of nitrogens with zero attached hydrogens (tertiary/aromatic N) is 2. The molecule has 2 heterocycles. The van der Waals surface area contributed by atoms with Gasteiger partial charge >= 0.3 is 6.03 Å². The Morgan fingerprint density at radius 1 is 1.59 bits per heavy atom. The van der Waals surface area contributed by atoms with Gasteiger partial charge in [0.1, 0.15) is 5.01 Å². The molecular weight excluding hydrogens is 300 g/mol. The minimum atomic E-state index is -0.294. The van der Waals surface area contributed by atoms with Gasteiger partial charge in [0.15, 0.2) is 0 Å². The Bertz CT molecular complexity index is 531. The molecule has 7 heteroatoms. The maximum Gasteiger partial charge on any atom is 0.317 e. The molecule has 1 aliphatic heterocycles. The fraction of sp³-hybridized carbons (Fsp3) is 0.667. The number of nitrogens with one attached hydrogen (secondary N) is 1. The molecule has 0 aromatic carbocycles. The minimum Gasteiger partial charge on any atom is -0.370 e. The van der Waals surface area contributed by atoms with E-state index in [1.54, 1.807) is 16.2 Å². The van der Waals surface area contributed by atoms with Crippen LogP contribution in [0.15, 0.2) is 5.38 Å². The Morgan fingerprint density at radius 2 is 2.36 bits per heavy atom. The van der Waals surface area contributed by atoms with E-state index < -0.39 is 0 Å². The molecule has 0 radical (unpaired) electrons. The van der Waals surface area contributed by atoms with Crippen LogP contribution in [-0.4, -0.2) is 34.9 Å². The van der Waals surface area contributed by atoms with Crippen LogP contribution in [0.5, 0.6) is 0 Å². The van der Waals surface area contributed by atoms with Crippen molar-refractivity contribution < 1.29 is 9.59 Å². The highest BCUT2D eigenvalue weighted by Gasteiger charge is 2.26. The number of nitrogens with two attached hydrogens (primary N) is 1. The highest BCUT2D eigenvalue weighted by Crippen LogP contribution is 2.23. The summed E-state index contributed by atoms with van der Waals surface area (Å²) in [5, 5.41) is 6.00. The quantitative estimate of drug-likeness (QED) is 0.870. The highest BCUT2D eigenvalue weighted by atomic mass is 32.1. The number of rotatable bonds is 5. The van der Waals surface area contributed by atoms with Gasteiger partial charge in [-0.1, -0.05) is 6.92 Å². The molecule has 22 heavy (non-hydrogen) atoms. The molecule has 6 nitrogen and oxygen atoms in total. The van der Waals surface area contributed by atoms with E-state index in [9.17, 15) is 9.59 Å². The van der Waals surface area contributed by atoms with E-state index in [2.05, 4.69) is 10.3 Å². The van der Waals surface area contributed by atoms with E-state index in [1.807, 2.05) is 19.2 Å². The van der Waals surface area contributed by atoms with Crippen molar-refractivity contribution in [3.8, 4) is 0 Å². The zero-order valence-electron chi connectivity index (χ0n) is 13.2. The van der Waals surface area contributed by atoms with Crippen LogP contribution in [0.25, 0.3) is 0 Å². The summed E-state index contributed by atoms with van der Waals surface area (Å²) in [4.78, 5) is 29.8. The van der Waals surface area contributed by atoms with E-state index in [0.29, 0.717) is 13.0 Å². The first-order valence-electron chi connectivity index (χ1n) is 7.75. The molecule has 3 amide bonds. The normalized spacial score (nSPS) is 19.7. The molecule has 1 saturated heterocycles. The average Bonchev–Trinajstić information content (AvgIpc) is 2.90. The number of hydrogen-bond donors (Lipinski definition) is 2. The summed E-state index contributed by atoms with van der Waals surface area (Å²) in [6.45, 7) is 5.32. The van der Waals surface area contributed by atoms with E-state index >= 15 is 0 Å². The Kier molecular flexibility index (Phi) is 5.76. The van der Waals surface area contributed by atoms with Gasteiger partial charge in [-0.3, -0.25) is 4.79 Å². The minimum absolute atomic E-state index is 0.0530. The van der Waals surface area contributed by atoms with Gasteiger partial charge < -0.3 is 16.0 Å². The second-order valence-electron chi connectivity index (χ2n) is 5.86. The third kappa shape index (κ3) is 4.43. The van der Waals surface area contributed by atoms with Crippen molar-refractivity contribution in [2.24, 2.45) is 11.7 Å². The van der Waals surface area contributed by atoms with Crippen LogP contribution in [0.1, 0.15) is 49.4 Å². The van der Waals surface area contributed by atoms with Crippen molar-refractivity contribution in [1.82, 2.24) is 15.2 Å². The predicted molar refractivity (Wildman–Crippen MR) is 86.5 cm³/mol. The fourth-order valence-electron chi connectivity index (χ4n) is 2.81. The van der Waals surface area contributed by atoms with E-state index in [-0.39, 0.29) is 23.9 Å². The first-order valence-corrected chi connectivity index (χ1v) is 8.63. The van der Waals surface area contributed by atoms with E-state index in [0.717, 1.165) is 36.5 Å². The van der Waals surface area contributed by atoms with Crippen LogP contribution < -0.4 is 11.1 Å². The number of aryl methyl sites for hydroxylation is 1. The lowest BCUT2D eigenvalue weighted by Gasteiger charge is -2.33. The Balaban J connectivity index is 1.94. The Morgan fingerprint density at radius 3 is 2.95 bits per heavy atom. The van der Waals surface area contributed by atoms with Crippen LogP contribution in [-0.2, 0) is 4.79 Å². The number of hydrogen-bond acceptors (Lipinski definition) is 4. The topological polar surface area (TPSA) is 88.3 Å².